The Bertz CT molecular complexity index is 1020. The van der Waals surface area contributed by atoms with Crippen LogP contribution in [-0.4, -0.2) is 7.05 Å². The predicted molar refractivity (Wildman–Crippen MR) is 108 cm³/mol. The van der Waals surface area contributed by atoms with E-state index in [9.17, 15) is 0 Å². The first-order chi connectivity index (χ1) is 12.1. The average Bonchev–Trinajstić information content (AvgIpc) is 2.94. The second-order valence-corrected chi connectivity index (χ2v) is 7.46. The third kappa shape index (κ3) is 2.96. The predicted octanol–water partition coefficient (Wildman–Crippen LogP) is 5.07. The van der Waals surface area contributed by atoms with Gasteiger partial charge in [0.25, 0.3) is 0 Å². The lowest BCUT2D eigenvalue weighted by atomic mass is 10.1. The van der Waals surface area contributed by atoms with Crippen LogP contribution in [0.15, 0.2) is 76.8 Å². The third-order valence-electron chi connectivity index (χ3n) is 4.61. The Morgan fingerprint density at radius 3 is 2.76 bits per heavy atom. The summed E-state index contributed by atoms with van der Waals surface area (Å²) in [6.07, 6.45) is 8.67. The molecule has 4 rings (SSSR count). The minimum Gasteiger partial charge on any atom is -0.338 e. The van der Waals surface area contributed by atoms with Crippen LogP contribution in [0, 0.1) is 6.92 Å². The average molecular weight is 345 g/mol. The highest BCUT2D eigenvalue weighted by Gasteiger charge is 2.20. The molecule has 1 aliphatic heterocycles. The molecule has 0 saturated carbocycles. The first-order valence-electron chi connectivity index (χ1n) is 8.41. The van der Waals surface area contributed by atoms with Gasteiger partial charge in [-0.25, -0.2) is 4.57 Å². The van der Waals surface area contributed by atoms with Crippen LogP contribution in [0.2, 0.25) is 0 Å². The van der Waals surface area contributed by atoms with Crippen molar-refractivity contribution < 1.29 is 4.57 Å². The first-order valence-corrected chi connectivity index (χ1v) is 9.23. The zero-order chi connectivity index (χ0) is 17.4. The number of para-hydroxylation sites is 1. The van der Waals surface area contributed by atoms with E-state index in [0.29, 0.717) is 0 Å². The second kappa shape index (κ2) is 6.41. The van der Waals surface area contributed by atoms with E-state index in [2.05, 4.69) is 103 Å². The number of hydrogen-bond donors (Lipinski definition) is 0. The number of hydrogen-bond acceptors (Lipinski definition) is 2. The van der Waals surface area contributed by atoms with Crippen molar-refractivity contribution in [1.82, 2.24) is 0 Å². The zero-order valence-corrected chi connectivity index (χ0v) is 15.5. The van der Waals surface area contributed by atoms with Crippen molar-refractivity contribution in [3.63, 3.8) is 0 Å². The van der Waals surface area contributed by atoms with E-state index >= 15 is 0 Å². The SMILES string of the molecule is Cc1ccc2c(C=CC=C3Sc4ccccc4N3C)cc[n+](C)c2c1. The van der Waals surface area contributed by atoms with Crippen molar-refractivity contribution in [2.24, 2.45) is 7.05 Å². The number of fused-ring (bicyclic) bond motifs is 2. The molecular formula is C22H21N2S+. The molecule has 0 N–H and O–H groups in total. The smallest absolute Gasteiger partial charge is 0.213 e. The fraction of sp³-hybridized carbons (Fsp3) is 0.136. The van der Waals surface area contributed by atoms with Crippen LogP contribution in [0.3, 0.4) is 0 Å². The lowest BCUT2D eigenvalue weighted by Gasteiger charge is -2.12. The highest BCUT2D eigenvalue weighted by molar-refractivity contribution is 8.03. The first kappa shape index (κ1) is 16.0. The van der Waals surface area contributed by atoms with Gasteiger partial charge in [0, 0.05) is 24.1 Å². The van der Waals surface area contributed by atoms with Gasteiger partial charge in [-0.3, -0.25) is 0 Å². The van der Waals surface area contributed by atoms with E-state index in [4.69, 9.17) is 0 Å². The third-order valence-corrected chi connectivity index (χ3v) is 5.79. The zero-order valence-electron chi connectivity index (χ0n) is 14.7. The van der Waals surface area contributed by atoms with Crippen molar-refractivity contribution >= 4 is 34.4 Å². The molecule has 0 unspecified atom stereocenters. The van der Waals surface area contributed by atoms with Crippen molar-refractivity contribution in [3.8, 4) is 0 Å². The second-order valence-electron chi connectivity index (χ2n) is 6.40. The minimum atomic E-state index is 1.24. The Morgan fingerprint density at radius 2 is 1.92 bits per heavy atom. The molecule has 1 aromatic heterocycles. The van der Waals surface area contributed by atoms with Crippen LogP contribution in [0.5, 0.6) is 0 Å². The van der Waals surface area contributed by atoms with E-state index < -0.39 is 0 Å². The molecule has 3 heteroatoms. The van der Waals surface area contributed by atoms with E-state index in [1.807, 2.05) is 11.8 Å². The molecule has 2 heterocycles. The molecule has 0 bridgehead atoms. The number of thioether (sulfide) groups is 1. The summed E-state index contributed by atoms with van der Waals surface area (Å²) in [7, 11) is 4.22. The molecule has 0 radical (unpaired) electrons. The lowest BCUT2D eigenvalue weighted by Crippen LogP contribution is -2.28. The quantitative estimate of drug-likeness (QED) is 0.599. The van der Waals surface area contributed by atoms with Crippen molar-refractivity contribution in [2.75, 3.05) is 11.9 Å². The molecular weight excluding hydrogens is 324 g/mol. The maximum atomic E-state index is 2.25. The number of nitrogens with zero attached hydrogens (tertiary/aromatic N) is 2. The van der Waals surface area contributed by atoms with Crippen LogP contribution < -0.4 is 9.47 Å². The molecule has 1 aliphatic rings. The monoisotopic (exact) mass is 345 g/mol. The Balaban J connectivity index is 1.66. The van der Waals surface area contributed by atoms with Crippen molar-refractivity contribution in [2.45, 2.75) is 11.8 Å². The minimum absolute atomic E-state index is 1.24. The van der Waals surface area contributed by atoms with Gasteiger partial charge in [-0.05, 0) is 42.3 Å². The van der Waals surface area contributed by atoms with Crippen LogP contribution in [0.1, 0.15) is 11.1 Å². The molecule has 0 spiro atoms. The number of aryl methyl sites for hydroxylation is 2. The van der Waals surface area contributed by atoms with E-state index in [0.717, 1.165) is 0 Å². The van der Waals surface area contributed by atoms with Gasteiger partial charge in [0.15, 0.2) is 6.20 Å². The molecule has 0 atom stereocenters. The number of benzene rings is 2. The van der Waals surface area contributed by atoms with E-state index in [1.54, 1.807) is 0 Å². The molecule has 2 aromatic carbocycles. The Hall–Kier alpha value is -2.52. The van der Waals surface area contributed by atoms with E-state index in [1.165, 1.54) is 37.6 Å². The fourth-order valence-electron chi connectivity index (χ4n) is 3.19. The van der Waals surface area contributed by atoms with Gasteiger partial charge in [0.2, 0.25) is 5.52 Å². The Morgan fingerprint density at radius 1 is 1.08 bits per heavy atom. The topological polar surface area (TPSA) is 7.12 Å². The number of pyridine rings is 1. The van der Waals surface area contributed by atoms with Crippen molar-refractivity contribution in [1.29, 1.82) is 0 Å². The number of anilines is 1. The molecule has 0 amide bonds. The molecule has 124 valence electrons. The maximum Gasteiger partial charge on any atom is 0.213 e. The summed E-state index contributed by atoms with van der Waals surface area (Å²) in [6.45, 7) is 2.14. The largest absolute Gasteiger partial charge is 0.338 e. The van der Waals surface area contributed by atoms with Gasteiger partial charge >= 0.3 is 0 Å². The molecule has 2 nitrogen and oxygen atoms in total. The molecule has 3 aromatic rings. The summed E-state index contributed by atoms with van der Waals surface area (Å²) in [5.41, 5.74) is 5.07. The molecule has 25 heavy (non-hydrogen) atoms. The van der Waals surface area contributed by atoms with Gasteiger partial charge in [0.1, 0.15) is 7.05 Å². The van der Waals surface area contributed by atoms with Gasteiger partial charge < -0.3 is 4.90 Å². The van der Waals surface area contributed by atoms with Gasteiger partial charge in [-0.15, -0.1) is 0 Å². The summed E-state index contributed by atoms with van der Waals surface area (Å²) in [4.78, 5) is 3.56. The summed E-state index contributed by atoms with van der Waals surface area (Å²) in [5.74, 6) is 0. The normalized spacial score (nSPS) is 15.5. The van der Waals surface area contributed by atoms with Crippen LogP contribution in [-0.2, 0) is 7.05 Å². The van der Waals surface area contributed by atoms with Crippen molar-refractivity contribution in [3.05, 3.63) is 83.0 Å². The Labute approximate surface area is 153 Å². The lowest BCUT2D eigenvalue weighted by molar-refractivity contribution is -0.644. The number of aromatic nitrogens is 1. The van der Waals surface area contributed by atoms with Gasteiger partial charge in [-0.2, -0.15) is 0 Å². The molecule has 0 aliphatic carbocycles. The number of rotatable bonds is 2. The fourth-order valence-corrected chi connectivity index (χ4v) is 4.25. The highest BCUT2D eigenvalue weighted by Crippen LogP contribution is 2.44. The molecule has 0 saturated heterocycles. The standard InChI is InChI=1S/C22H21N2S/c1-16-11-12-18-17(13-14-23(2)20(18)15-16)7-6-10-22-24(3)19-8-4-5-9-21(19)25-22/h4-15H,1-3H3/q+1. The van der Waals surface area contributed by atoms with Crippen LogP contribution in [0.4, 0.5) is 5.69 Å². The van der Waals surface area contributed by atoms with E-state index in [-0.39, 0.29) is 0 Å². The summed E-state index contributed by atoms with van der Waals surface area (Å²) >= 11 is 1.82. The number of allylic oxidation sites excluding steroid dienone is 2. The summed E-state index contributed by atoms with van der Waals surface area (Å²) in [6, 6.07) is 17.3. The van der Waals surface area contributed by atoms with Crippen LogP contribution in [0.25, 0.3) is 17.0 Å². The van der Waals surface area contributed by atoms with Gasteiger partial charge in [0.05, 0.1) is 16.1 Å². The summed E-state index contributed by atoms with van der Waals surface area (Å²) in [5, 5.41) is 2.53. The van der Waals surface area contributed by atoms with Crippen LogP contribution >= 0.6 is 11.8 Å². The van der Waals surface area contributed by atoms with Gasteiger partial charge in [-0.1, -0.05) is 42.1 Å². The summed E-state index contributed by atoms with van der Waals surface area (Å²) < 4.78 is 2.18. The Kier molecular flexibility index (Phi) is 4.10. The molecule has 0 fully saturated rings. The maximum absolute atomic E-state index is 2.25. The highest BCUT2D eigenvalue weighted by atomic mass is 32.2.